The third-order valence-corrected chi connectivity index (χ3v) is 4.80. The molecule has 1 unspecified atom stereocenters. The quantitative estimate of drug-likeness (QED) is 0.914. The first-order chi connectivity index (χ1) is 10.2. The summed E-state index contributed by atoms with van der Waals surface area (Å²) in [6.07, 6.45) is 7.69. The summed E-state index contributed by atoms with van der Waals surface area (Å²) in [5, 5.41) is 0. The van der Waals surface area contributed by atoms with E-state index in [2.05, 4.69) is 0 Å². The number of oxazole rings is 1. The fraction of sp³-hybridized carbons (Fsp3) is 0.588. The largest absolute Gasteiger partial charge is 0.419 e. The molecule has 2 N–H and O–H groups in total. The van der Waals surface area contributed by atoms with Crippen LogP contribution in [0.4, 0.5) is 0 Å². The van der Waals surface area contributed by atoms with Gasteiger partial charge in [-0.2, -0.15) is 0 Å². The lowest BCUT2D eigenvalue weighted by Crippen LogP contribution is -2.12. The van der Waals surface area contributed by atoms with E-state index in [0.29, 0.717) is 12.1 Å². The Bertz CT molecular complexity index is 665. The summed E-state index contributed by atoms with van der Waals surface area (Å²) in [6.45, 7) is 2.57. The lowest BCUT2D eigenvalue weighted by Gasteiger charge is -2.15. The molecule has 0 bridgehead atoms. The maximum absolute atomic E-state index is 11.7. The monoisotopic (exact) mass is 288 g/mol. The summed E-state index contributed by atoms with van der Waals surface area (Å²) < 4.78 is 6.95. The van der Waals surface area contributed by atoms with Crippen LogP contribution in [0.1, 0.15) is 57.1 Å². The Hall–Kier alpha value is -1.55. The molecule has 3 rings (SSSR count). The van der Waals surface area contributed by atoms with Gasteiger partial charge in [-0.1, -0.05) is 31.7 Å². The normalized spacial score (nSPS) is 17.6. The van der Waals surface area contributed by atoms with Crippen molar-refractivity contribution in [1.29, 1.82) is 0 Å². The Balaban J connectivity index is 1.75. The number of benzene rings is 1. The molecule has 4 heteroatoms. The molecule has 1 atom stereocenters. The lowest BCUT2D eigenvalue weighted by molar-refractivity contribution is 0.454. The van der Waals surface area contributed by atoms with Gasteiger partial charge in [-0.25, -0.2) is 4.79 Å². The van der Waals surface area contributed by atoms with Gasteiger partial charge in [-0.05, 0) is 43.4 Å². The number of hydrogen-bond donors (Lipinski definition) is 1. The molecule has 1 saturated carbocycles. The van der Waals surface area contributed by atoms with E-state index in [4.69, 9.17) is 10.2 Å². The number of aromatic nitrogens is 1. The van der Waals surface area contributed by atoms with Gasteiger partial charge < -0.3 is 10.2 Å². The van der Waals surface area contributed by atoms with Crippen molar-refractivity contribution in [2.45, 2.75) is 58.0 Å². The number of nitrogens with two attached hydrogens (primary N) is 1. The first kappa shape index (κ1) is 14.4. The maximum Gasteiger partial charge on any atom is 0.419 e. The molecule has 1 aromatic heterocycles. The Morgan fingerprint density at radius 1 is 1.38 bits per heavy atom. The molecular formula is C17H24N2O2. The molecule has 1 fully saturated rings. The highest BCUT2D eigenvalue weighted by molar-refractivity contribution is 5.73. The summed E-state index contributed by atoms with van der Waals surface area (Å²) in [5.41, 5.74) is 8.89. The van der Waals surface area contributed by atoms with Crippen molar-refractivity contribution in [3.05, 3.63) is 34.3 Å². The third kappa shape index (κ3) is 2.91. The summed E-state index contributed by atoms with van der Waals surface area (Å²) >= 11 is 0. The molecule has 0 saturated heterocycles. The average Bonchev–Trinajstić information content (AvgIpc) is 3.10. The fourth-order valence-electron chi connectivity index (χ4n) is 3.49. The van der Waals surface area contributed by atoms with Gasteiger partial charge >= 0.3 is 5.76 Å². The van der Waals surface area contributed by atoms with Crippen LogP contribution in [0.2, 0.25) is 0 Å². The summed E-state index contributed by atoms with van der Waals surface area (Å²) in [4.78, 5) is 11.7. The molecule has 1 aliphatic carbocycles. The molecule has 0 amide bonds. The van der Waals surface area contributed by atoms with Crippen molar-refractivity contribution >= 4 is 11.1 Å². The second-order valence-corrected chi connectivity index (χ2v) is 6.17. The first-order valence-electron chi connectivity index (χ1n) is 8.08. The van der Waals surface area contributed by atoms with E-state index in [9.17, 15) is 4.79 Å². The Morgan fingerprint density at radius 3 is 2.86 bits per heavy atom. The standard InChI is InChI=1S/C17H24N2O2/c1-2-19-15-10-8-13(11-16(15)21-17(19)20)14(18)9-7-12-5-3-4-6-12/h8,10-12,14H,2-7,9,18H2,1H3. The van der Waals surface area contributed by atoms with Crippen LogP contribution in [-0.2, 0) is 6.54 Å². The van der Waals surface area contributed by atoms with Crippen molar-refractivity contribution in [1.82, 2.24) is 4.57 Å². The number of hydrogen-bond acceptors (Lipinski definition) is 3. The van der Waals surface area contributed by atoms with Gasteiger partial charge in [0.25, 0.3) is 0 Å². The van der Waals surface area contributed by atoms with Crippen LogP contribution in [0, 0.1) is 5.92 Å². The van der Waals surface area contributed by atoms with E-state index in [1.54, 1.807) is 4.57 Å². The maximum atomic E-state index is 11.7. The molecular weight excluding hydrogens is 264 g/mol. The van der Waals surface area contributed by atoms with Crippen LogP contribution in [0.15, 0.2) is 27.4 Å². The average molecular weight is 288 g/mol. The highest BCUT2D eigenvalue weighted by atomic mass is 16.4. The van der Waals surface area contributed by atoms with Gasteiger partial charge in [0.2, 0.25) is 0 Å². The highest BCUT2D eigenvalue weighted by Crippen LogP contribution is 2.31. The van der Waals surface area contributed by atoms with Crippen molar-refractivity contribution in [2.24, 2.45) is 11.7 Å². The van der Waals surface area contributed by atoms with Crippen LogP contribution < -0.4 is 11.5 Å². The Labute approximate surface area is 124 Å². The van der Waals surface area contributed by atoms with E-state index in [-0.39, 0.29) is 11.8 Å². The molecule has 114 valence electrons. The Morgan fingerprint density at radius 2 is 2.14 bits per heavy atom. The minimum atomic E-state index is -0.288. The van der Waals surface area contributed by atoms with Crippen LogP contribution in [-0.4, -0.2) is 4.57 Å². The van der Waals surface area contributed by atoms with Crippen LogP contribution in [0.5, 0.6) is 0 Å². The van der Waals surface area contributed by atoms with Crippen molar-refractivity contribution in [3.63, 3.8) is 0 Å². The second-order valence-electron chi connectivity index (χ2n) is 6.17. The predicted molar refractivity (Wildman–Crippen MR) is 84.3 cm³/mol. The molecule has 1 aliphatic rings. The van der Waals surface area contributed by atoms with Crippen LogP contribution >= 0.6 is 0 Å². The van der Waals surface area contributed by atoms with E-state index in [0.717, 1.165) is 23.4 Å². The molecule has 21 heavy (non-hydrogen) atoms. The minimum absolute atomic E-state index is 0.0327. The van der Waals surface area contributed by atoms with E-state index >= 15 is 0 Å². The van der Waals surface area contributed by atoms with E-state index < -0.39 is 0 Å². The zero-order valence-electron chi connectivity index (χ0n) is 12.7. The van der Waals surface area contributed by atoms with Crippen molar-refractivity contribution in [2.75, 3.05) is 0 Å². The number of aryl methyl sites for hydroxylation is 1. The van der Waals surface area contributed by atoms with E-state index in [1.165, 1.54) is 32.1 Å². The zero-order chi connectivity index (χ0) is 14.8. The number of nitrogens with zero attached hydrogens (tertiary/aromatic N) is 1. The molecule has 0 radical (unpaired) electrons. The number of rotatable bonds is 5. The van der Waals surface area contributed by atoms with Gasteiger partial charge in [-0.3, -0.25) is 4.57 Å². The minimum Gasteiger partial charge on any atom is -0.408 e. The van der Waals surface area contributed by atoms with Crippen LogP contribution in [0.25, 0.3) is 11.1 Å². The zero-order valence-corrected chi connectivity index (χ0v) is 12.7. The Kier molecular flexibility index (Phi) is 4.15. The van der Waals surface area contributed by atoms with Crippen molar-refractivity contribution in [3.8, 4) is 0 Å². The van der Waals surface area contributed by atoms with Gasteiger partial charge in [0, 0.05) is 12.6 Å². The SMILES string of the molecule is CCn1c(=O)oc2cc(C(N)CCC3CCCC3)ccc21. The highest BCUT2D eigenvalue weighted by Gasteiger charge is 2.17. The molecule has 1 aromatic carbocycles. The second kappa shape index (κ2) is 6.06. The van der Waals surface area contributed by atoms with Crippen molar-refractivity contribution < 1.29 is 4.42 Å². The topological polar surface area (TPSA) is 61.2 Å². The van der Waals surface area contributed by atoms with Gasteiger partial charge in [0.05, 0.1) is 5.52 Å². The molecule has 1 heterocycles. The molecule has 0 aliphatic heterocycles. The lowest BCUT2D eigenvalue weighted by atomic mass is 9.95. The fourth-order valence-corrected chi connectivity index (χ4v) is 3.49. The van der Waals surface area contributed by atoms with Gasteiger partial charge in [0.15, 0.2) is 5.58 Å². The first-order valence-corrected chi connectivity index (χ1v) is 8.08. The summed E-state index contributed by atoms with van der Waals surface area (Å²) in [7, 11) is 0. The van der Waals surface area contributed by atoms with Gasteiger partial charge in [0.1, 0.15) is 0 Å². The summed E-state index contributed by atoms with van der Waals surface area (Å²) in [5.74, 6) is 0.572. The van der Waals surface area contributed by atoms with Gasteiger partial charge in [-0.15, -0.1) is 0 Å². The predicted octanol–water partition coefficient (Wildman–Crippen LogP) is 3.58. The number of fused-ring (bicyclic) bond motifs is 1. The summed E-state index contributed by atoms with van der Waals surface area (Å²) in [6, 6.07) is 5.95. The molecule has 2 aromatic rings. The molecule has 0 spiro atoms. The van der Waals surface area contributed by atoms with Crippen LogP contribution in [0.3, 0.4) is 0 Å². The van der Waals surface area contributed by atoms with E-state index in [1.807, 2.05) is 25.1 Å². The smallest absolute Gasteiger partial charge is 0.408 e. The third-order valence-electron chi connectivity index (χ3n) is 4.80. The molecule has 4 nitrogen and oxygen atoms in total.